The Labute approximate surface area is 129 Å². The van der Waals surface area contributed by atoms with Crippen LogP contribution in [0.25, 0.3) is 0 Å². The van der Waals surface area contributed by atoms with Crippen molar-refractivity contribution in [3.8, 4) is 5.75 Å². The van der Waals surface area contributed by atoms with Crippen LogP contribution in [0.15, 0.2) is 51.4 Å². The van der Waals surface area contributed by atoms with Crippen LogP contribution >= 0.6 is 31.9 Å². The van der Waals surface area contributed by atoms with Gasteiger partial charge in [0.25, 0.3) is 0 Å². The van der Waals surface area contributed by atoms with Gasteiger partial charge in [-0.05, 0) is 42.3 Å². The molecule has 1 unspecified atom stereocenters. The molecule has 0 aliphatic carbocycles. The maximum absolute atomic E-state index is 10.4. The first-order valence-corrected chi connectivity index (χ1v) is 7.56. The van der Waals surface area contributed by atoms with Gasteiger partial charge >= 0.3 is 0 Å². The zero-order valence-electron chi connectivity index (χ0n) is 10.4. The Hall–Kier alpha value is -0.840. The molecule has 1 atom stereocenters. The minimum atomic E-state index is -0.654. The quantitative estimate of drug-likeness (QED) is 0.826. The van der Waals surface area contributed by atoms with Crippen molar-refractivity contribution in [1.82, 2.24) is 0 Å². The second-order valence-corrected chi connectivity index (χ2v) is 5.84. The molecule has 0 aromatic heterocycles. The fraction of sp³-hybridized carbons (Fsp3) is 0.200. The molecule has 4 heteroatoms. The van der Waals surface area contributed by atoms with E-state index in [-0.39, 0.29) is 0 Å². The molecular weight excluding hydrogens is 372 g/mol. The Morgan fingerprint density at radius 2 is 1.79 bits per heavy atom. The Bertz CT molecular complexity index is 553. The number of aliphatic hydroxyl groups excluding tert-OH is 1. The lowest BCUT2D eigenvalue weighted by molar-refractivity contribution is 0.219. The number of halogens is 2. The summed E-state index contributed by atoms with van der Waals surface area (Å²) in [5.41, 5.74) is 1.68. The first kappa shape index (κ1) is 14.6. The molecule has 0 aliphatic heterocycles. The smallest absolute Gasteiger partial charge is 0.119 e. The standard InChI is InChI=1S/C15H14Br2O2/c1-2-19-12-6-3-10(4-7-12)15(18)13-8-5-11(16)9-14(13)17/h3-9,15,18H,2H2,1H3. The van der Waals surface area contributed by atoms with Crippen LogP contribution in [0.2, 0.25) is 0 Å². The van der Waals surface area contributed by atoms with Crippen LogP contribution in [0.5, 0.6) is 5.75 Å². The van der Waals surface area contributed by atoms with Gasteiger partial charge in [-0.25, -0.2) is 0 Å². The first-order chi connectivity index (χ1) is 9.11. The Kier molecular flexibility index (Phi) is 5.02. The molecule has 0 fully saturated rings. The Balaban J connectivity index is 2.25. The fourth-order valence-corrected chi connectivity index (χ4v) is 3.08. The minimum Gasteiger partial charge on any atom is -0.494 e. The molecule has 0 saturated heterocycles. The highest BCUT2D eigenvalue weighted by Crippen LogP contribution is 2.31. The Morgan fingerprint density at radius 3 is 2.37 bits per heavy atom. The normalized spacial score (nSPS) is 12.2. The number of ether oxygens (including phenoxy) is 1. The molecule has 19 heavy (non-hydrogen) atoms. The summed E-state index contributed by atoms with van der Waals surface area (Å²) in [5, 5.41) is 10.4. The second kappa shape index (κ2) is 6.55. The lowest BCUT2D eigenvalue weighted by Crippen LogP contribution is -2.01. The summed E-state index contributed by atoms with van der Waals surface area (Å²) in [4.78, 5) is 0. The summed E-state index contributed by atoms with van der Waals surface area (Å²) in [6.07, 6.45) is -0.654. The summed E-state index contributed by atoms with van der Waals surface area (Å²) in [6.45, 7) is 2.59. The van der Waals surface area contributed by atoms with Gasteiger partial charge < -0.3 is 9.84 Å². The van der Waals surface area contributed by atoms with E-state index >= 15 is 0 Å². The molecule has 0 radical (unpaired) electrons. The van der Waals surface area contributed by atoms with Crippen molar-refractivity contribution < 1.29 is 9.84 Å². The van der Waals surface area contributed by atoms with E-state index in [9.17, 15) is 5.11 Å². The Morgan fingerprint density at radius 1 is 1.11 bits per heavy atom. The van der Waals surface area contributed by atoms with Crippen LogP contribution < -0.4 is 4.74 Å². The van der Waals surface area contributed by atoms with Gasteiger partial charge in [-0.15, -0.1) is 0 Å². The molecule has 0 amide bonds. The van der Waals surface area contributed by atoms with Gasteiger partial charge in [-0.3, -0.25) is 0 Å². The number of benzene rings is 2. The SMILES string of the molecule is CCOc1ccc(C(O)c2ccc(Br)cc2Br)cc1. The predicted molar refractivity (Wildman–Crippen MR) is 83.5 cm³/mol. The summed E-state index contributed by atoms with van der Waals surface area (Å²) in [5.74, 6) is 0.813. The average molecular weight is 386 g/mol. The van der Waals surface area contributed by atoms with Crippen LogP contribution in [-0.4, -0.2) is 11.7 Å². The third-order valence-corrected chi connectivity index (χ3v) is 3.94. The molecule has 0 saturated carbocycles. The van der Waals surface area contributed by atoms with Crippen molar-refractivity contribution in [3.63, 3.8) is 0 Å². The lowest BCUT2D eigenvalue weighted by atomic mass is 10.0. The van der Waals surface area contributed by atoms with Crippen LogP contribution in [-0.2, 0) is 0 Å². The second-order valence-electron chi connectivity index (χ2n) is 4.07. The molecule has 0 heterocycles. The molecule has 2 aromatic carbocycles. The number of hydrogen-bond donors (Lipinski definition) is 1. The number of rotatable bonds is 4. The number of aliphatic hydroxyl groups is 1. The van der Waals surface area contributed by atoms with E-state index in [0.29, 0.717) is 6.61 Å². The highest BCUT2D eigenvalue weighted by atomic mass is 79.9. The van der Waals surface area contributed by atoms with Gasteiger partial charge in [0.1, 0.15) is 11.9 Å². The van der Waals surface area contributed by atoms with Crippen LogP contribution in [0.4, 0.5) is 0 Å². The monoisotopic (exact) mass is 384 g/mol. The van der Waals surface area contributed by atoms with Crippen molar-refractivity contribution in [2.45, 2.75) is 13.0 Å². The summed E-state index contributed by atoms with van der Waals surface area (Å²) in [6, 6.07) is 13.2. The topological polar surface area (TPSA) is 29.5 Å². The maximum atomic E-state index is 10.4. The summed E-state index contributed by atoms with van der Waals surface area (Å²) in [7, 11) is 0. The van der Waals surface area contributed by atoms with Crippen LogP contribution in [0.1, 0.15) is 24.2 Å². The third kappa shape index (κ3) is 3.59. The van der Waals surface area contributed by atoms with E-state index in [0.717, 1.165) is 25.8 Å². The molecule has 100 valence electrons. The largest absolute Gasteiger partial charge is 0.494 e. The van der Waals surface area contributed by atoms with E-state index < -0.39 is 6.10 Å². The average Bonchev–Trinajstić information content (AvgIpc) is 2.39. The van der Waals surface area contributed by atoms with Crippen LogP contribution in [0.3, 0.4) is 0 Å². The molecule has 2 aromatic rings. The first-order valence-electron chi connectivity index (χ1n) is 5.97. The minimum absolute atomic E-state index is 0.639. The van der Waals surface area contributed by atoms with Gasteiger partial charge in [0.2, 0.25) is 0 Å². The number of hydrogen-bond acceptors (Lipinski definition) is 2. The summed E-state index contributed by atoms with van der Waals surface area (Å²) < 4.78 is 7.24. The molecule has 2 rings (SSSR count). The van der Waals surface area contributed by atoms with Crippen molar-refractivity contribution >= 4 is 31.9 Å². The molecule has 0 bridgehead atoms. The van der Waals surface area contributed by atoms with E-state index in [1.54, 1.807) is 0 Å². The fourth-order valence-electron chi connectivity index (χ4n) is 1.82. The maximum Gasteiger partial charge on any atom is 0.119 e. The van der Waals surface area contributed by atoms with Crippen molar-refractivity contribution in [2.75, 3.05) is 6.61 Å². The van der Waals surface area contributed by atoms with E-state index in [1.807, 2.05) is 49.4 Å². The van der Waals surface area contributed by atoms with Gasteiger partial charge in [-0.2, -0.15) is 0 Å². The summed E-state index contributed by atoms with van der Waals surface area (Å²) >= 11 is 6.87. The highest BCUT2D eigenvalue weighted by molar-refractivity contribution is 9.11. The molecular formula is C15H14Br2O2. The zero-order chi connectivity index (χ0) is 13.8. The molecule has 0 aliphatic rings. The van der Waals surface area contributed by atoms with Crippen molar-refractivity contribution in [1.29, 1.82) is 0 Å². The van der Waals surface area contributed by atoms with Gasteiger partial charge in [0.05, 0.1) is 6.61 Å². The molecule has 2 nitrogen and oxygen atoms in total. The zero-order valence-corrected chi connectivity index (χ0v) is 13.6. The highest BCUT2D eigenvalue weighted by Gasteiger charge is 2.13. The van der Waals surface area contributed by atoms with Crippen molar-refractivity contribution in [3.05, 3.63) is 62.5 Å². The van der Waals surface area contributed by atoms with E-state index in [2.05, 4.69) is 31.9 Å². The molecule has 0 spiro atoms. The lowest BCUT2D eigenvalue weighted by Gasteiger charge is -2.14. The van der Waals surface area contributed by atoms with Crippen LogP contribution in [0, 0.1) is 0 Å². The van der Waals surface area contributed by atoms with E-state index in [1.165, 1.54) is 0 Å². The van der Waals surface area contributed by atoms with Crippen molar-refractivity contribution in [2.24, 2.45) is 0 Å². The van der Waals surface area contributed by atoms with E-state index in [4.69, 9.17) is 4.74 Å². The van der Waals surface area contributed by atoms with Gasteiger partial charge in [-0.1, -0.05) is 50.1 Å². The van der Waals surface area contributed by atoms with Gasteiger partial charge in [0.15, 0.2) is 0 Å². The predicted octanol–water partition coefficient (Wildman–Crippen LogP) is 4.69. The van der Waals surface area contributed by atoms with Gasteiger partial charge in [0, 0.05) is 8.95 Å². The molecule has 1 N–H and O–H groups in total. The third-order valence-electron chi connectivity index (χ3n) is 2.76.